The molecule has 2 heterocycles. The van der Waals surface area contributed by atoms with Gasteiger partial charge >= 0.3 is 0 Å². The van der Waals surface area contributed by atoms with Crippen LogP contribution in [-0.4, -0.2) is 44.6 Å². The molecule has 2 atom stereocenters. The van der Waals surface area contributed by atoms with Crippen LogP contribution >= 0.6 is 23.4 Å². The van der Waals surface area contributed by atoms with E-state index < -0.39 is 0 Å². The molecule has 134 valence electrons. The first kappa shape index (κ1) is 18.2. The largest absolute Gasteiger partial charge is 0.376 e. The maximum absolute atomic E-state index is 12.2. The average Bonchev–Trinajstić information content (AvgIpc) is 3.25. The van der Waals surface area contributed by atoms with Gasteiger partial charge in [-0.15, -0.1) is 5.10 Å². The SMILES string of the molecule is CC(NC(=O)CSc1nnnn1CC1CCCO1)c1cccc(Cl)c1. The Kier molecular flexibility index (Phi) is 6.28. The maximum atomic E-state index is 12.2. The fourth-order valence-electron chi connectivity index (χ4n) is 2.67. The molecule has 1 aromatic carbocycles. The predicted octanol–water partition coefficient (Wildman–Crippen LogP) is 2.47. The Hall–Kier alpha value is -1.64. The Morgan fingerprint density at radius 1 is 1.56 bits per heavy atom. The topological polar surface area (TPSA) is 81.9 Å². The monoisotopic (exact) mass is 381 g/mol. The molecule has 1 aliphatic rings. The van der Waals surface area contributed by atoms with Gasteiger partial charge in [0.2, 0.25) is 11.1 Å². The minimum atomic E-state index is -0.116. The third-order valence-corrected chi connectivity index (χ3v) is 5.15. The second-order valence-electron chi connectivity index (χ2n) is 5.91. The predicted molar refractivity (Wildman–Crippen MR) is 95.5 cm³/mol. The van der Waals surface area contributed by atoms with Gasteiger partial charge in [-0.3, -0.25) is 4.79 Å². The van der Waals surface area contributed by atoms with Crippen LogP contribution in [0.25, 0.3) is 0 Å². The average molecular weight is 382 g/mol. The highest BCUT2D eigenvalue weighted by Gasteiger charge is 2.19. The van der Waals surface area contributed by atoms with Crippen LogP contribution in [0.1, 0.15) is 31.4 Å². The van der Waals surface area contributed by atoms with Crippen molar-refractivity contribution in [2.75, 3.05) is 12.4 Å². The molecule has 3 rings (SSSR count). The minimum Gasteiger partial charge on any atom is -0.376 e. The van der Waals surface area contributed by atoms with Gasteiger partial charge in [0.1, 0.15) is 0 Å². The van der Waals surface area contributed by atoms with Gasteiger partial charge < -0.3 is 10.1 Å². The van der Waals surface area contributed by atoms with Crippen molar-refractivity contribution in [3.63, 3.8) is 0 Å². The molecule has 1 fully saturated rings. The summed E-state index contributed by atoms with van der Waals surface area (Å²) < 4.78 is 7.31. The number of hydrogen-bond donors (Lipinski definition) is 1. The first-order chi connectivity index (χ1) is 12.1. The van der Waals surface area contributed by atoms with E-state index in [0.717, 1.165) is 25.0 Å². The normalized spacial score (nSPS) is 18.2. The molecule has 1 N–H and O–H groups in total. The number of benzene rings is 1. The number of rotatable bonds is 7. The molecule has 1 aliphatic heterocycles. The summed E-state index contributed by atoms with van der Waals surface area (Å²) in [5.41, 5.74) is 0.967. The van der Waals surface area contributed by atoms with E-state index in [2.05, 4.69) is 20.8 Å². The number of carbonyl (C=O) groups is 1. The molecule has 0 bridgehead atoms. The van der Waals surface area contributed by atoms with Gasteiger partial charge in [0.15, 0.2) is 0 Å². The van der Waals surface area contributed by atoms with Gasteiger partial charge in [0.05, 0.1) is 24.4 Å². The Morgan fingerprint density at radius 2 is 2.44 bits per heavy atom. The molecule has 2 unspecified atom stereocenters. The van der Waals surface area contributed by atoms with Gasteiger partial charge in [-0.25, -0.2) is 4.68 Å². The van der Waals surface area contributed by atoms with Crippen molar-refractivity contribution < 1.29 is 9.53 Å². The van der Waals surface area contributed by atoms with Crippen molar-refractivity contribution in [2.24, 2.45) is 0 Å². The van der Waals surface area contributed by atoms with Crippen LogP contribution in [0.15, 0.2) is 29.4 Å². The molecule has 1 saturated heterocycles. The molecule has 2 aromatic rings. The lowest BCUT2D eigenvalue weighted by Gasteiger charge is -2.14. The van der Waals surface area contributed by atoms with Crippen molar-refractivity contribution >= 4 is 29.3 Å². The second-order valence-corrected chi connectivity index (χ2v) is 7.29. The fourth-order valence-corrected chi connectivity index (χ4v) is 3.56. The Labute approximate surface area is 155 Å². The van der Waals surface area contributed by atoms with Gasteiger partial charge in [0.25, 0.3) is 0 Å². The molecule has 25 heavy (non-hydrogen) atoms. The molecule has 0 radical (unpaired) electrons. The van der Waals surface area contributed by atoms with E-state index in [1.165, 1.54) is 11.8 Å². The van der Waals surface area contributed by atoms with E-state index in [1.807, 2.05) is 31.2 Å². The zero-order valence-electron chi connectivity index (χ0n) is 13.9. The molecule has 0 spiro atoms. The van der Waals surface area contributed by atoms with E-state index in [0.29, 0.717) is 16.7 Å². The Balaban J connectivity index is 1.50. The number of halogens is 1. The molecular formula is C16H20ClN5O2S. The van der Waals surface area contributed by atoms with Gasteiger partial charge in [-0.05, 0) is 47.9 Å². The van der Waals surface area contributed by atoms with Crippen molar-refractivity contribution in [1.29, 1.82) is 0 Å². The second kappa shape index (κ2) is 8.64. The first-order valence-corrected chi connectivity index (χ1v) is 9.53. The summed E-state index contributed by atoms with van der Waals surface area (Å²) in [6, 6.07) is 7.35. The third kappa shape index (κ3) is 5.17. The van der Waals surface area contributed by atoms with Crippen LogP contribution in [0.4, 0.5) is 0 Å². The molecular weight excluding hydrogens is 362 g/mol. The lowest BCUT2D eigenvalue weighted by Crippen LogP contribution is -2.28. The Morgan fingerprint density at radius 3 is 3.20 bits per heavy atom. The first-order valence-electron chi connectivity index (χ1n) is 8.17. The van der Waals surface area contributed by atoms with Gasteiger partial charge in [-0.2, -0.15) is 0 Å². The van der Waals surface area contributed by atoms with Crippen molar-refractivity contribution in [3.05, 3.63) is 34.9 Å². The van der Waals surface area contributed by atoms with E-state index in [-0.39, 0.29) is 23.8 Å². The van der Waals surface area contributed by atoms with E-state index in [1.54, 1.807) is 4.68 Å². The number of nitrogens with one attached hydrogen (secondary N) is 1. The minimum absolute atomic E-state index is 0.0795. The van der Waals surface area contributed by atoms with Crippen molar-refractivity contribution in [1.82, 2.24) is 25.5 Å². The number of amides is 1. The zero-order chi connectivity index (χ0) is 17.6. The summed E-state index contributed by atoms with van der Waals surface area (Å²) in [6.07, 6.45) is 2.24. The highest BCUT2D eigenvalue weighted by molar-refractivity contribution is 7.99. The zero-order valence-corrected chi connectivity index (χ0v) is 15.5. The number of thioether (sulfide) groups is 1. The maximum Gasteiger partial charge on any atom is 0.230 e. The van der Waals surface area contributed by atoms with Gasteiger partial charge in [-0.1, -0.05) is 35.5 Å². The van der Waals surface area contributed by atoms with Crippen LogP contribution in [0.3, 0.4) is 0 Å². The summed E-state index contributed by atoms with van der Waals surface area (Å²) in [5, 5.41) is 15.9. The van der Waals surface area contributed by atoms with Crippen LogP contribution in [0.2, 0.25) is 5.02 Å². The summed E-state index contributed by atoms with van der Waals surface area (Å²) in [7, 11) is 0. The molecule has 1 amide bonds. The summed E-state index contributed by atoms with van der Waals surface area (Å²) in [6.45, 7) is 3.34. The summed E-state index contributed by atoms with van der Waals surface area (Å²) >= 11 is 7.31. The third-order valence-electron chi connectivity index (χ3n) is 3.96. The van der Waals surface area contributed by atoms with Crippen molar-refractivity contribution in [2.45, 2.75) is 43.6 Å². The summed E-state index contributed by atoms with van der Waals surface area (Å²) in [4.78, 5) is 12.2. The van der Waals surface area contributed by atoms with Gasteiger partial charge in [0, 0.05) is 11.6 Å². The number of tetrazole rings is 1. The molecule has 1 aromatic heterocycles. The van der Waals surface area contributed by atoms with Crippen molar-refractivity contribution in [3.8, 4) is 0 Å². The lowest BCUT2D eigenvalue weighted by molar-refractivity contribution is -0.119. The van der Waals surface area contributed by atoms with E-state index in [4.69, 9.17) is 16.3 Å². The quantitative estimate of drug-likeness (QED) is 0.742. The molecule has 7 nitrogen and oxygen atoms in total. The van der Waals surface area contributed by atoms with Crippen LogP contribution in [0, 0.1) is 0 Å². The number of nitrogens with zero attached hydrogens (tertiary/aromatic N) is 4. The van der Waals surface area contributed by atoms with E-state index in [9.17, 15) is 4.79 Å². The fraction of sp³-hybridized carbons (Fsp3) is 0.500. The van der Waals surface area contributed by atoms with Crippen LogP contribution < -0.4 is 5.32 Å². The number of hydrogen-bond acceptors (Lipinski definition) is 6. The smallest absolute Gasteiger partial charge is 0.230 e. The number of ether oxygens (including phenoxy) is 1. The van der Waals surface area contributed by atoms with Crippen LogP contribution in [0.5, 0.6) is 0 Å². The molecule has 0 saturated carbocycles. The highest BCUT2D eigenvalue weighted by Crippen LogP contribution is 2.20. The Bertz CT molecular complexity index is 720. The molecule has 9 heteroatoms. The lowest BCUT2D eigenvalue weighted by atomic mass is 10.1. The molecule has 0 aliphatic carbocycles. The number of carbonyl (C=O) groups excluding carboxylic acids is 1. The number of aromatic nitrogens is 4. The standard InChI is InChI=1S/C16H20ClN5O2S/c1-11(12-4-2-5-13(17)8-12)18-15(23)10-25-16-19-20-21-22(16)9-14-6-3-7-24-14/h2,4-5,8,11,14H,3,6-7,9-10H2,1H3,(H,18,23). The van der Waals surface area contributed by atoms with Crippen LogP contribution in [-0.2, 0) is 16.1 Å². The highest BCUT2D eigenvalue weighted by atomic mass is 35.5. The summed E-state index contributed by atoms with van der Waals surface area (Å²) in [5.74, 6) is 0.167. The van der Waals surface area contributed by atoms with E-state index >= 15 is 0 Å².